The highest BCUT2D eigenvalue weighted by atomic mass is 32.2. The highest BCUT2D eigenvalue weighted by molar-refractivity contribution is 7.98. The molecule has 0 saturated carbocycles. The Morgan fingerprint density at radius 1 is 1.40 bits per heavy atom. The van der Waals surface area contributed by atoms with Crippen molar-refractivity contribution in [2.75, 3.05) is 24.0 Å². The third kappa shape index (κ3) is 2.85. The van der Waals surface area contributed by atoms with Crippen LogP contribution in [0, 0.1) is 0 Å². The molecule has 0 aliphatic carbocycles. The van der Waals surface area contributed by atoms with Gasteiger partial charge in [0.05, 0.1) is 5.52 Å². The minimum Gasteiger partial charge on any atom is -0.475 e. The normalized spacial score (nSPS) is 12.3. The number of aromatic nitrogens is 2. The minimum absolute atomic E-state index is 0.165. The van der Waals surface area contributed by atoms with Gasteiger partial charge >= 0.3 is 5.97 Å². The summed E-state index contributed by atoms with van der Waals surface area (Å²) in [5.41, 5.74) is 0.651. The number of fused-ring (bicyclic) bond motifs is 1. The Morgan fingerprint density at radius 3 is 2.75 bits per heavy atom. The van der Waals surface area contributed by atoms with Gasteiger partial charge < -0.3 is 10.0 Å². The zero-order valence-corrected chi connectivity index (χ0v) is 12.5. The number of hydrogen-bond acceptors (Lipinski definition) is 5. The van der Waals surface area contributed by atoms with E-state index in [2.05, 4.69) is 16.9 Å². The summed E-state index contributed by atoms with van der Waals surface area (Å²) in [6.45, 7) is 2.09. The molecule has 1 unspecified atom stereocenters. The number of aromatic carboxylic acids is 1. The van der Waals surface area contributed by atoms with Crippen molar-refractivity contribution in [3.8, 4) is 0 Å². The van der Waals surface area contributed by atoms with Gasteiger partial charge in [-0.25, -0.2) is 14.8 Å². The second-order valence-corrected chi connectivity index (χ2v) is 5.52. The first-order valence-electron chi connectivity index (χ1n) is 6.26. The summed E-state index contributed by atoms with van der Waals surface area (Å²) in [7, 11) is 1.93. The summed E-state index contributed by atoms with van der Waals surface area (Å²) < 4.78 is 0. The number of rotatable bonds is 5. The zero-order chi connectivity index (χ0) is 14.7. The molecule has 106 valence electrons. The van der Waals surface area contributed by atoms with Crippen LogP contribution in [0.5, 0.6) is 0 Å². The minimum atomic E-state index is -1.11. The summed E-state index contributed by atoms with van der Waals surface area (Å²) in [4.78, 5) is 21.5. The van der Waals surface area contributed by atoms with Gasteiger partial charge in [-0.3, -0.25) is 0 Å². The quantitative estimate of drug-likeness (QED) is 0.913. The maximum absolute atomic E-state index is 11.2. The molecule has 1 aromatic heterocycles. The Kier molecular flexibility index (Phi) is 4.44. The summed E-state index contributed by atoms with van der Waals surface area (Å²) in [6, 6.07) is 7.72. The molecule has 0 aliphatic heterocycles. The van der Waals surface area contributed by atoms with E-state index in [4.69, 9.17) is 5.11 Å². The molecular formula is C14H17N3O2S. The molecule has 2 rings (SSSR count). The lowest BCUT2D eigenvalue weighted by molar-refractivity contribution is 0.0684. The monoisotopic (exact) mass is 291 g/mol. The lowest BCUT2D eigenvalue weighted by Crippen LogP contribution is -2.32. The Labute approximate surface area is 122 Å². The van der Waals surface area contributed by atoms with Crippen LogP contribution < -0.4 is 4.90 Å². The lowest BCUT2D eigenvalue weighted by atomic mass is 10.2. The molecule has 2 aromatic rings. The molecule has 20 heavy (non-hydrogen) atoms. The first-order chi connectivity index (χ1) is 9.54. The van der Waals surface area contributed by atoms with Crippen molar-refractivity contribution in [3.63, 3.8) is 0 Å². The standard InChI is InChI=1S/C14H17N3O2S/c1-9(8-20-3)17(2)13-10-6-4-5-7-11(10)15-12(16-13)14(18)19/h4-7,9H,8H2,1-3H3,(H,18,19). The van der Waals surface area contributed by atoms with Gasteiger partial charge in [0.2, 0.25) is 5.82 Å². The summed E-state index contributed by atoms with van der Waals surface area (Å²) in [6.07, 6.45) is 2.05. The molecule has 0 radical (unpaired) electrons. The van der Waals surface area contributed by atoms with Crippen molar-refractivity contribution in [2.45, 2.75) is 13.0 Å². The van der Waals surface area contributed by atoms with Crippen LogP contribution in [0.4, 0.5) is 5.82 Å². The Balaban J connectivity index is 2.57. The summed E-state index contributed by atoms with van der Waals surface area (Å²) in [5, 5.41) is 10.0. The second-order valence-electron chi connectivity index (χ2n) is 4.61. The maximum Gasteiger partial charge on any atom is 0.374 e. The Morgan fingerprint density at radius 2 is 2.10 bits per heavy atom. The van der Waals surface area contributed by atoms with Crippen LogP contribution in [-0.2, 0) is 0 Å². The number of carbonyl (C=O) groups is 1. The predicted octanol–water partition coefficient (Wildman–Crippen LogP) is 2.52. The Bertz CT molecular complexity index is 633. The van der Waals surface area contributed by atoms with E-state index >= 15 is 0 Å². The van der Waals surface area contributed by atoms with Crippen molar-refractivity contribution in [1.29, 1.82) is 0 Å². The molecule has 1 N–H and O–H groups in total. The topological polar surface area (TPSA) is 66.3 Å². The number of carboxylic acid groups (broad SMARTS) is 1. The molecule has 1 atom stereocenters. The fourth-order valence-corrected chi connectivity index (χ4v) is 2.69. The smallest absolute Gasteiger partial charge is 0.374 e. The largest absolute Gasteiger partial charge is 0.475 e. The van der Waals surface area contributed by atoms with Crippen LogP contribution in [0.3, 0.4) is 0 Å². The number of benzene rings is 1. The zero-order valence-electron chi connectivity index (χ0n) is 11.7. The van der Waals surface area contributed by atoms with Crippen LogP contribution in [0.2, 0.25) is 0 Å². The SMILES string of the molecule is CSCC(C)N(C)c1nc(C(=O)O)nc2ccccc12. The van der Waals surface area contributed by atoms with Crippen molar-refractivity contribution >= 4 is 34.5 Å². The van der Waals surface area contributed by atoms with Gasteiger partial charge in [0, 0.05) is 24.2 Å². The molecule has 0 bridgehead atoms. The molecule has 1 heterocycles. The molecule has 0 amide bonds. The van der Waals surface area contributed by atoms with Gasteiger partial charge in [0.25, 0.3) is 0 Å². The van der Waals surface area contributed by atoms with Crippen LogP contribution in [0.1, 0.15) is 17.5 Å². The molecule has 0 spiro atoms. The van der Waals surface area contributed by atoms with Gasteiger partial charge in [-0.2, -0.15) is 11.8 Å². The van der Waals surface area contributed by atoms with Crippen molar-refractivity contribution in [2.24, 2.45) is 0 Å². The van der Waals surface area contributed by atoms with Gasteiger partial charge in [-0.05, 0) is 25.3 Å². The average molecular weight is 291 g/mol. The van der Waals surface area contributed by atoms with Crippen molar-refractivity contribution < 1.29 is 9.90 Å². The number of thioether (sulfide) groups is 1. The van der Waals surface area contributed by atoms with E-state index < -0.39 is 5.97 Å². The highest BCUT2D eigenvalue weighted by Gasteiger charge is 2.18. The fourth-order valence-electron chi connectivity index (χ4n) is 1.99. The van der Waals surface area contributed by atoms with E-state index in [-0.39, 0.29) is 11.9 Å². The third-order valence-electron chi connectivity index (χ3n) is 3.18. The number of nitrogens with zero attached hydrogens (tertiary/aromatic N) is 3. The van der Waals surface area contributed by atoms with Crippen LogP contribution in [-0.4, -0.2) is 46.1 Å². The second kappa shape index (κ2) is 6.09. The van der Waals surface area contributed by atoms with Crippen LogP contribution in [0.15, 0.2) is 24.3 Å². The molecule has 0 aliphatic rings. The summed E-state index contributed by atoms with van der Waals surface area (Å²) >= 11 is 1.75. The molecule has 1 aromatic carbocycles. The number of anilines is 1. The Hall–Kier alpha value is -1.82. The predicted molar refractivity (Wildman–Crippen MR) is 82.7 cm³/mol. The summed E-state index contributed by atoms with van der Waals surface area (Å²) in [5.74, 6) is 0.330. The molecule has 6 heteroatoms. The molecular weight excluding hydrogens is 274 g/mol. The van der Waals surface area contributed by atoms with Crippen LogP contribution in [0.25, 0.3) is 10.9 Å². The van der Waals surface area contributed by atoms with Crippen molar-refractivity contribution in [1.82, 2.24) is 9.97 Å². The lowest BCUT2D eigenvalue weighted by Gasteiger charge is -2.26. The average Bonchev–Trinajstić information content (AvgIpc) is 2.45. The van der Waals surface area contributed by atoms with E-state index in [0.717, 1.165) is 11.1 Å². The van der Waals surface area contributed by atoms with E-state index in [1.165, 1.54) is 0 Å². The molecule has 0 fully saturated rings. The maximum atomic E-state index is 11.2. The third-order valence-corrected chi connectivity index (χ3v) is 3.99. The first-order valence-corrected chi connectivity index (χ1v) is 7.65. The molecule has 5 nitrogen and oxygen atoms in total. The van der Waals surface area contributed by atoms with Crippen molar-refractivity contribution in [3.05, 3.63) is 30.1 Å². The van der Waals surface area contributed by atoms with Crippen LogP contribution >= 0.6 is 11.8 Å². The van der Waals surface area contributed by atoms with Gasteiger partial charge in [-0.15, -0.1) is 0 Å². The number of para-hydroxylation sites is 1. The van der Waals surface area contributed by atoms with Gasteiger partial charge in [-0.1, -0.05) is 12.1 Å². The van der Waals surface area contributed by atoms with Gasteiger partial charge in [0.15, 0.2) is 0 Å². The number of hydrogen-bond donors (Lipinski definition) is 1. The van der Waals surface area contributed by atoms with E-state index in [0.29, 0.717) is 11.3 Å². The van der Waals surface area contributed by atoms with E-state index in [1.54, 1.807) is 17.8 Å². The first kappa shape index (κ1) is 14.6. The highest BCUT2D eigenvalue weighted by Crippen LogP contribution is 2.25. The molecule has 0 saturated heterocycles. The van der Waals surface area contributed by atoms with E-state index in [1.807, 2.05) is 36.4 Å². The van der Waals surface area contributed by atoms with E-state index in [9.17, 15) is 4.79 Å². The van der Waals surface area contributed by atoms with Gasteiger partial charge in [0.1, 0.15) is 5.82 Å². The number of carboxylic acids is 1. The fraction of sp³-hybridized carbons (Fsp3) is 0.357.